The van der Waals surface area contributed by atoms with Gasteiger partial charge in [-0.2, -0.15) is 18.4 Å². The Labute approximate surface area is 49.5 Å². The van der Waals surface area contributed by atoms with E-state index in [4.69, 9.17) is 10.4 Å². The van der Waals surface area contributed by atoms with Gasteiger partial charge in [0, 0.05) is 0 Å². The summed E-state index contributed by atoms with van der Waals surface area (Å²) in [7, 11) is 0. The van der Waals surface area contributed by atoms with Crippen molar-refractivity contribution in [3.63, 3.8) is 0 Å². The number of hydrogen-bond donors (Lipinski definition) is 1. The van der Waals surface area contributed by atoms with E-state index in [0.717, 1.165) is 6.07 Å². The van der Waals surface area contributed by atoms with E-state index in [2.05, 4.69) is 0 Å². The number of nitriles is 1. The van der Waals surface area contributed by atoms with Crippen molar-refractivity contribution < 1.29 is 18.3 Å². The number of aliphatic hydroxyl groups excluding tert-OH is 1. The third-order valence-corrected chi connectivity index (χ3v) is 0.574. The minimum Gasteiger partial charge on any atom is -0.378 e. The van der Waals surface area contributed by atoms with Gasteiger partial charge in [-0.1, -0.05) is 0 Å². The van der Waals surface area contributed by atoms with Gasteiger partial charge in [-0.3, -0.25) is 0 Å². The van der Waals surface area contributed by atoms with E-state index in [1.54, 1.807) is 0 Å². The van der Waals surface area contributed by atoms with Gasteiger partial charge in [0.1, 0.15) is 6.10 Å². The highest BCUT2D eigenvalue weighted by Crippen LogP contribution is 2.20. The molecule has 0 saturated carbocycles. The summed E-state index contributed by atoms with van der Waals surface area (Å²) in [6.45, 7) is 0. The maximum Gasteiger partial charge on any atom is 0.392 e. The fourth-order valence-corrected chi connectivity index (χ4v) is 0.265. The second kappa shape index (κ2) is 2.69. The molecule has 0 aromatic carbocycles. The van der Waals surface area contributed by atoms with Crippen LogP contribution in [0.4, 0.5) is 13.2 Å². The number of rotatable bonds is 1. The first-order chi connectivity index (χ1) is 3.95. The molecule has 0 radical (unpaired) electrons. The predicted octanol–water partition coefficient (Wildman–Crippen LogP) is 0.823. The standard InChI is InChI=1S/C4H4F3NO/c5-4(6,7)1-3(9)2-8/h3,9H,1H2/t3-/m0/s1. The van der Waals surface area contributed by atoms with Crippen molar-refractivity contribution in [2.75, 3.05) is 0 Å². The summed E-state index contributed by atoms with van der Waals surface area (Å²) in [5.41, 5.74) is 0. The molecule has 9 heavy (non-hydrogen) atoms. The van der Waals surface area contributed by atoms with Gasteiger partial charge in [0.05, 0.1) is 12.5 Å². The van der Waals surface area contributed by atoms with E-state index < -0.39 is 18.7 Å². The summed E-state index contributed by atoms with van der Waals surface area (Å²) in [4.78, 5) is 0. The molecular formula is C4H4F3NO. The monoisotopic (exact) mass is 139 g/mol. The van der Waals surface area contributed by atoms with Crippen molar-refractivity contribution in [1.29, 1.82) is 5.26 Å². The third kappa shape index (κ3) is 5.11. The molecule has 1 atom stereocenters. The molecule has 0 aromatic heterocycles. The summed E-state index contributed by atoms with van der Waals surface area (Å²) in [6, 6.07) is 1.06. The minimum atomic E-state index is -4.45. The van der Waals surface area contributed by atoms with Crippen LogP contribution in [0.15, 0.2) is 0 Å². The predicted molar refractivity (Wildman–Crippen MR) is 22.3 cm³/mol. The van der Waals surface area contributed by atoms with E-state index in [-0.39, 0.29) is 0 Å². The summed E-state index contributed by atoms with van der Waals surface area (Å²) >= 11 is 0. The van der Waals surface area contributed by atoms with Crippen molar-refractivity contribution in [1.82, 2.24) is 0 Å². The van der Waals surface area contributed by atoms with Crippen molar-refractivity contribution in [3.8, 4) is 6.07 Å². The molecule has 0 bridgehead atoms. The Bertz CT molecular complexity index is 125. The van der Waals surface area contributed by atoms with E-state index in [1.807, 2.05) is 0 Å². The zero-order valence-electron chi connectivity index (χ0n) is 4.31. The number of aliphatic hydroxyl groups is 1. The highest BCUT2D eigenvalue weighted by Gasteiger charge is 2.30. The maximum atomic E-state index is 11.2. The molecule has 0 spiro atoms. The van der Waals surface area contributed by atoms with Crippen molar-refractivity contribution in [2.45, 2.75) is 18.7 Å². The molecule has 0 aliphatic carbocycles. The molecule has 0 fully saturated rings. The van der Waals surface area contributed by atoms with Crippen molar-refractivity contribution in [3.05, 3.63) is 0 Å². The number of halogens is 3. The van der Waals surface area contributed by atoms with E-state index >= 15 is 0 Å². The quantitative estimate of drug-likeness (QED) is 0.546. The lowest BCUT2D eigenvalue weighted by molar-refractivity contribution is -0.147. The topological polar surface area (TPSA) is 44.0 Å². The molecule has 0 saturated heterocycles. The maximum absolute atomic E-state index is 11.2. The Morgan fingerprint density at radius 2 is 2.00 bits per heavy atom. The van der Waals surface area contributed by atoms with Gasteiger partial charge >= 0.3 is 6.18 Å². The molecule has 1 N–H and O–H groups in total. The zero-order valence-corrected chi connectivity index (χ0v) is 4.31. The minimum absolute atomic E-state index is 1.06. The Balaban J connectivity index is 3.63. The van der Waals surface area contributed by atoms with Crippen LogP contribution in [0, 0.1) is 11.3 Å². The van der Waals surface area contributed by atoms with Crippen LogP contribution in [0.2, 0.25) is 0 Å². The summed E-state index contributed by atoms with van der Waals surface area (Å²) in [6.07, 6.45) is -7.83. The second-order valence-corrected chi connectivity index (χ2v) is 1.46. The number of alkyl halides is 3. The molecule has 0 heterocycles. The van der Waals surface area contributed by atoms with Crippen LogP contribution < -0.4 is 0 Å². The van der Waals surface area contributed by atoms with Crippen molar-refractivity contribution >= 4 is 0 Å². The smallest absolute Gasteiger partial charge is 0.378 e. The molecule has 52 valence electrons. The number of nitrogens with zero attached hydrogens (tertiary/aromatic N) is 1. The Kier molecular flexibility index (Phi) is 2.46. The highest BCUT2D eigenvalue weighted by atomic mass is 19.4. The van der Waals surface area contributed by atoms with E-state index in [1.165, 1.54) is 0 Å². The molecule has 0 unspecified atom stereocenters. The lowest BCUT2D eigenvalue weighted by atomic mass is 10.3. The Morgan fingerprint density at radius 1 is 1.56 bits per heavy atom. The van der Waals surface area contributed by atoms with E-state index in [0.29, 0.717) is 0 Å². The van der Waals surface area contributed by atoms with Crippen LogP contribution in [0.1, 0.15) is 6.42 Å². The normalized spacial score (nSPS) is 14.6. The van der Waals surface area contributed by atoms with Crippen LogP contribution in [-0.4, -0.2) is 17.4 Å². The third-order valence-electron chi connectivity index (χ3n) is 0.574. The number of hydrogen-bond acceptors (Lipinski definition) is 2. The van der Waals surface area contributed by atoms with Gasteiger partial charge in [-0.25, -0.2) is 0 Å². The first-order valence-electron chi connectivity index (χ1n) is 2.10. The van der Waals surface area contributed by atoms with Gasteiger partial charge < -0.3 is 5.11 Å². The summed E-state index contributed by atoms with van der Waals surface area (Å²) in [5, 5.41) is 15.8. The van der Waals surface area contributed by atoms with Gasteiger partial charge in [-0.05, 0) is 0 Å². The fourth-order valence-electron chi connectivity index (χ4n) is 0.265. The molecule has 0 aromatic rings. The summed E-state index contributed by atoms with van der Waals surface area (Å²) < 4.78 is 33.5. The first-order valence-corrected chi connectivity index (χ1v) is 2.10. The molecule has 0 amide bonds. The SMILES string of the molecule is N#C[C@@H](O)CC(F)(F)F. The van der Waals surface area contributed by atoms with E-state index in [9.17, 15) is 13.2 Å². The first kappa shape index (κ1) is 8.24. The van der Waals surface area contributed by atoms with Gasteiger partial charge in [0.2, 0.25) is 0 Å². The van der Waals surface area contributed by atoms with Crippen LogP contribution in [0.3, 0.4) is 0 Å². The fraction of sp³-hybridized carbons (Fsp3) is 0.750. The highest BCUT2D eigenvalue weighted by molar-refractivity contribution is 4.83. The van der Waals surface area contributed by atoms with Gasteiger partial charge in [-0.15, -0.1) is 0 Å². The second-order valence-electron chi connectivity index (χ2n) is 1.46. The van der Waals surface area contributed by atoms with Crippen LogP contribution in [0.25, 0.3) is 0 Å². The Morgan fingerprint density at radius 3 is 2.11 bits per heavy atom. The molecule has 0 rings (SSSR count). The lowest BCUT2D eigenvalue weighted by Gasteiger charge is -2.04. The lowest BCUT2D eigenvalue weighted by Crippen LogP contribution is -2.17. The average molecular weight is 139 g/mol. The van der Waals surface area contributed by atoms with Gasteiger partial charge in [0.15, 0.2) is 0 Å². The molecular weight excluding hydrogens is 135 g/mol. The van der Waals surface area contributed by atoms with Crippen LogP contribution in [0.5, 0.6) is 0 Å². The molecule has 5 heteroatoms. The van der Waals surface area contributed by atoms with Crippen LogP contribution >= 0.6 is 0 Å². The molecule has 0 aliphatic rings. The Hall–Kier alpha value is -0.760. The average Bonchev–Trinajstić information content (AvgIpc) is 1.62. The molecule has 2 nitrogen and oxygen atoms in total. The molecule has 0 aliphatic heterocycles. The van der Waals surface area contributed by atoms with Gasteiger partial charge in [0.25, 0.3) is 0 Å². The zero-order chi connectivity index (χ0) is 7.49. The van der Waals surface area contributed by atoms with Crippen molar-refractivity contribution in [2.24, 2.45) is 0 Å². The summed E-state index contributed by atoms with van der Waals surface area (Å²) in [5.74, 6) is 0. The van der Waals surface area contributed by atoms with Crippen LogP contribution in [-0.2, 0) is 0 Å². The largest absolute Gasteiger partial charge is 0.392 e.